The monoisotopic (exact) mass is 396 g/mol. The molecule has 0 bridgehead atoms. The van der Waals surface area contributed by atoms with Crippen LogP contribution in [0.5, 0.6) is 11.5 Å². The first kappa shape index (κ1) is 17.9. The van der Waals surface area contributed by atoms with Crippen molar-refractivity contribution in [2.45, 2.75) is 0 Å². The molecule has 1 fully saturated rings. The standard InChI is InChI=1S/C17H14Cl2N2O3S/c18-11-1-4-13(5-2-11)24-15-6-3-12(19)9-14(15)20-16(22)10-21-7-8-25-17(21)23/h1-6,9H,7-8,10H2,(H,20,22). The highest BCUT2D eigenvalue weighted by atomic mass is 35.5. The molecule has 2 amide bonds. The first-order valence-corrected chi connectivity index (χ1v) is 9.20. The Morgan fingerprint density at radius 3 is 2.56 bits per heavy atom. The fourth-order valence-electron chi connectivity index (χ4n) is 2.25. The van der Waals surface area contributed by atoms with Crippen molar-refractivity contribution < 1.29 is 14.3 Å². The summed E-state index contributed by atoms with van der Waals surface area (Å²) in [7, 11) is 0. The molecule has 1 heterocycles. The first-order chi connectivity index (χ1) is 12.0. The molecule has 1 aliphatic heterocycles. The van der Waals surface area contributed by atoms with E-state index in [0.717, 1.165) is 0 Å². The third-order valence-electron chi connectivity index (χ3n) is 3.44. The van der Waals surface area contributed by atoms with E-state index >= 15 is 0 Å². The second-order valence-electron chi connectivity index (χ2n) is 5.28. The van der Waals surface area contributed by atoms with E-state index in [-0.39, 0.29) is 17.7 Å². The zero-order valence-corrected chi connectivity index (χ0v) is 15.3. The number of ether oxygens (including phenoxy) is 1. The Morgan fingerprint density at radius 2 is 1.88 bits per heavy atom. The van der Waals surface area contributed by atoms with E-state index < -0.39 is 0 Å². The smallest absolute Gasteiger partial charge is 0.282 e. The van der Waals surface area contributed by atoms with E-state index in [1.807, 2.05) is 0 Å². The van der Waals surface area contributed by atoms with Crippen molar-refractivity contribution in [1.29, 1.82) is 0 Å². The van der Waals surface area contributed by atoms with Crippen molar-refractivity contribution in [2.24, 2.45) is 0 Å². The highest BCUT2D eigenvalue weighted by Crippen LogP contribution is 2.32. The summed E-state index contributed by atoms with van der Waals surface area (Å²) in [5.41, 5.74) is 0.437. The van der Waals surface area contributed by atoms with Crippen molar-refractivity contribution in [1.82, 2.24) is 4.90 Å². The number of anilines is 1. The van der Waals surface area contributed by atoms with Crippen molar-refractivity contribution in [3.63, 3.8) is 0 Å². The second kappa shape index (κ2) is 7.99. The number of nitrogens with one attached hydrogen (secondary N) is 1. The molecule has 5 nitrogen and oxygen atoms in total. The van der Waals surface area contributed by atoms with Gasteiger partial charge in [0.2, 0.25) is 5.91 Å². The Bertz CT molecular complexity index is 799. The molecule has 0 spiro atoms. The van der Waals surface area contributed by atoms with Crippen molar-refractivity contribution in [3.8, 4) is 11.5 Å². The number of rotatable bonds is 5. The molecule has 3 rings (SSSR count). The minimum Gasteiger partial charge on any atom is -0.455 e. The fourth-order valence-corrected chi connectivity index (χ4v) is 3.37. The lowest BCUT2D eigenvalue weighted by Gasteiger charge is -2.16. The number of nitrogens with zero attached hydrogens (tertiary/aromatic N) is 1. The van der Waals surface area contributed by atoms with Gasteiger partial charge in [-0.25, -0.2) is 0 Å². The van der Waals surface area contributed by atoms with E-state index in [1.54, 1.807) is 42.5 Å². The van der Waals surface area contributed by atoms with E-state index in [0.29, 0.717) is 39.5 Å². The largest absolute Gasteiger partial charge is 0.455 e. The predicted octanol–water partition coefficient (Wildman–Crippen LogP) is 4.89. The molecule has 1 N–H and O–H groups in total. The van der Waals surface area contributed by atoms with Gasteiger partial charge in [-0.1, -0.05) is 35.0 Å². The molecule has 0 unspecified atom stereocenters. The van der Waals surface area contributed by atoms with Crippen LogP contribution in [0.15, 0.2) is 42.5 Å². The number of hydrogen-bond donors (Lipinski definition) is 1. The lowest BCUT2D eigenvalue weighted by atomic mass is 10.2. The maximum atomic E-state index is 12.2. The van der Waals surface area contributed by atoms with Crippen LogP contribution >= 0.6 is 35.0 Å². The lowest BCUT2D eigenvalue weighted by molar-refractivity contribution is -0.116. The number of halogens is 2. The number of thioether (sulfide) groups is 1. The zero-order chi connectivity index (χ0) is 17.8. The third kappa shape index (κ3) is 4.81. The molecule has 2 aromatic carbocycles. The molecular weight excluding hydrogens is 383 g/mol. The number of hydrogen-bond acceptors (Lipinski definition) is 4. The molecule has 0 radical (unpaired) electrons. The Labute approximate surface area is 159 Å². The molecule has 0 aliphatic carbocycles. The summed E-state index contributed by atoms with van der Waals surface area (Å²) in [6.45, 7) is 0.569. The minimum absolute atomic E-state index is 0.00126. The normalized spacial score (nSPS) is 13.8. The van der Waals surface area contributed by atoms with Crippen molar-refractivity contribution in [3.05, 3.63) is 52.5 Å². The molecule has 0 saturated carbocycles. The predicted molar refractivity (Wildman–Crippen MR) is 101 cm³/mol. The molecule has 1 saturated heterocycles. The van der Waals surface area contributed by atoms with E-state index in [9.17, 15) is 9.59 Å². The van der Waals surface area contributed by atoms with Crippen LogP contribution in [0.3, 0.4) is 0 Å². The summed E-state index contributed by atoms with van der Waals surface area (Å²) in [6.07, 6.45) is 0. The second-order valence-corrected chi connectivity index (χ2v) is 7.20. The van der Waals surface area contributed by atoms with Crippen LogP contribution in [0, 0.1) is 0 Å². The fraction of sp³-hybridized carbons (Fsp3) is 0.176. The van der Waals surface area contributed by atoms with Gasteiger partial charge in [-0.05, 0) is 42.5 Å². The van der Waals surface area contributed by atoms with Gasteiger partial charge in [-0.2, -0.15) is 0 Å². The topological polar surface area (TPSA) is 58.6 Å². The van der Waals surface area contributed by atoms with Crippen LogP contribution in [-0.4, -0.2) is 34.9 Å². The number of carbonyl (C=O) groups is 2. The van der Waals surface area contributed by atoms with E-state index in [4.69, 9.17) is 27.9 Å². The summed E-state index contributed by atoms with van der Waals surface area (Å²) in [5.74, 6) is 1.42. The highest BCUT2D eigenvalue weighted by Gasteiger charge is 2.23. The SMILES string of the molecule is O=C(CN1CCSC1=O)Nc1cc(Cl)ccc1Oc1ccc(Cl)cc1. The minimum atomic E-state index is -0.306. The van der Waals surface area contributed by atoms with Gasteiger partial charge in [0.15, 0.2) is 5.75 Å². The molecule has 1 aliphatic rings. The number of carbonyl (C=O) groups excluding carboxylic acids is 2. The van der Waals surface area contributed by atoms with Crippen LogP contribution in [-0.2, 0) is 4.79 Å². The maximum absolute atomic E-state index is 12.2. The van der Waals surface area contributed by atoms with Gasteiger partial charge in [0.25, 0.3) is 5.24 Å². The van der Waals surface area contributed by atoms with Crippen LogP contribution in [0.2, 0.25) is 10.0 Å². The van der Waals surface area contributed by atoms with Crippen molar-refractivity contribution in [2.75, 3.05) is 24.2 Å². The Hall–Kier alpha value is -1.89. The molecule has 25 heavy (non-hydrogen) atoms. The molecule has 0 aromatic heterocycles. The van der Waals surface area contributed by atoms with Gasteiger partial charge in [0.1, 0.15) is 12.3 Å². The van der Waals surface area contributed by atoms with E-state index in [1.165, 1.54) is 16.7 Å². The van der Waals surface area contributed by atoms with Crippen LogP contribution in [0.4, 0.5) is 10.5 Å². The summed E-state index contributed by atoms with van der Waals surface area (Å²) in [4.78, 5) is 25.4. The van der Waals surface area contributed by atoms with Gasteiger partial charge in [-0.3, -0.25) is 9.59 Å². The Morgan fingerprint density at radius 1 is 1.16 bits per heavy atom. The zero-order valence-electron chi connectivity index (χ0n) is 13.0. The van der Waals surface area contributed by atoms with Crippen LogP contribution in [0.25, 0.3) is 0 Å². The molecule has 0 atom stereocenters. The van der Waals surface area contributed by atoms with Gasteiger partial charge in [0, 0.05) is 22.3 Å². The summed E-state index contributed by atoms with van der Waals surface area (Å²) in [6, 6.07) is 11.8. The molecule has 130 valence electrons. The maximum Gasteiger partial charge on any atom is 0.282 e. The van der Waals surface area contributed by atoms with Gasteiger partial charge in [-0.15, -0.1) is 0 Å². The van der Waals surface area contributed by atoms with Crippen LogP contribution < -0.4 is 10.1 Å². The third-order valence-corrected chi connectivity index (χ3v) is 4.82. The molecular formula is C17H14Cl2N2O3S. The van der Waals surface area contributed by atoms with Gasteiger partial charge >= 0.3 is 0 Å². The quantitative estimate of drug-likeness (QED) is 0.780. The van der Waals surface area contributed by atoms with E-state index in [2.05, 4.69) is 5.32 Å². The lowest BCUT2D eigenvalue weighted by Crippen LogP contribution is -2.33. The number of amides is 2. The van der Waals surface area contributed by atoms with Crippen LogP contribution in [0.1, 0.15) is 0 Å². The Balaban J connectivity index is 1.73. The average Bonchev–Trinajstić information content (AvgIpc) is 2.97. The average molecular weight is 397 g/mol. The van der Waals surface area contributed by atoms with Gasteiger partial charge < -0.3 is 15.0 Å². The first-order valence-electron chi connectivity index (χ1n) is 7.46. The summed E-state index contributed by atoms with van der Waals surface area (Å²) in [5, 5.41) is 3.73. The Kier molecular flexibility index (Phi) is 5.73. The molecule has 2 aromatic rings. The molecule has 8 heteroatoms. The van der Waals surface area contributed by atoms with Gasteiger partial charge in [0.05, 0.1) is 5.69 Å². The summed E-state index contributed by atoms with van der Waals surface area (Å²) < 4.78 is 5.79. The summed E-state index contributed by atoms with van der Waals surface area (Å²) >= 11 is 13.1. The highest BCUT2D eigenvalue weighted by molar-refractivity contribution is 8.13. The number of benzene rings is 2. The van der Waals surface area contributed by atoms with Crippen molar-refractivity contribution >= 4 is 51.8 Å².